The first-order chi connectivity index (χ1) is 9.95. The first-order valence-corrected chi connectivity index (χ1v) is 8.43. The summed E-state index contributed by atoms with van der Waals surface area (Å²) in [5.41, 5.74) is 3.13. The van der Waals surface area contributed by atoms with Crippen molar-refractivity contribution in [1.29, 1.82) is 0 Å². The largest absolute Gasteiger partial charge is 0.325 e. The lowest BCUT2D eigenvalue weighted by atomic mass is 10.2. The number of amides is 1. The van der Waals surface area contributed by atoms with Gasteiger partial charge in [-0.15, -0.1) is 11.8 Å². The summed E-state index contributed by atoms with van der Waals surface area (Å²) >= 11 is 4.99. The summed E-state index contributed by atoms with van der Waals surface area (Å²) in [7, 11) is 0. The smallest absolute Gasteiger partial charge is 0.237 e. The molecule has 21 heavy (non-hydrogen) atoms. The second-order valence-corrected chi connectivity index (χ2v) is 7.35. The minimum absolute atomic E-state index is 0.0194. The Kier molecular flexibility index (Phi) is 5.48. The van der Waals surface area contributed by atoms with Crippen molar-refractivity contribution in [3.63, 3.8) is 0 Å². The van der Waals surface area contributed by atoms with Crippen molar-refractivity contribution in [2.24, 2.45) is 0 Å². The minimum Gasteiger partial charge on any atom is -0.325 e. The third-order valence-electron chi connectivity index (χ3n) is 3.15. The van der Waals surface area contributed by atoms with E-state index >= 15 is 0 Å². The van der Waals surface area contributed by atoms with E-state index in [9.17, 15) is 4.79 Å². The second kappa shape index (κ2) is 7.14. The Morgan fingerprint density at radius 1 is 1.14 bits per heavy atom. The van der Waals surface area contributed by atoms with E-state index in [0.717, 1.165) is 20.6 Å². The molecular formula is C17H18BrNOS. The van der Waals surface area contributed by atoms with Gasteiger partial charge in [-0.3, -0.25) is 4.79 Å². The van der Waals surface area contributed by atoms with Crippen LogP contribution >= 0.6 is 27.7 Å². The number of rotatable bonds is 4. The van der Waals surface area contributed by atoms with Crippen molar-refractivity contribution in [2.45, 2.75) is 30.9 Å². The van der Waals surface area contributed by atoms with Crippen molar-refractivity contribution in [3.8, 4) is 0 Å². The highest BCUT2D eigenvalue weighted by atomic mass is 79.9. The summed E-state index contributed by atoms with van der Waals surface area (Å²) in [5, 5.41) is 2.85. The molecule has 110 valence electrons. The Bertz CT molecular complexity index is 640. The van der Waals surface area contributed by atoms with E-state index < -0.39 is 0 Å². The van der Waals surface area contributed by atoms with Gasteiger partial charge >= 0.3 is 0 Å². The average molecular weight is 364 g/mol. The first kappa shape index (κ1) is 16.1. The van der Waals surface area contributed by atoms with Gasteiger partial charge in [0, 0.05) is 15.1 Å². The third-order valence-corrected chi connectivity index (χ3v) is 4.75. The fraction of sp³-hybridized carbons (Fsp3) is 0.235. The topological polar surface area (TPSA) is 29.1 Å². The number of halogens is 1. The number of carbonyl (C=O) groups excluding carboxylic acids is 1. The Balaban J connectivity index is 2.00. The first-order valence-electron chi connectivity index (χ1n) is 6.76. The quantitative estimate of drug-likeness (QED) is 0.757. The van der Waals surface area contributed by atoms with Crippen LogP contribution < -0.4 is 5.32 Å². The molecule has 0 aliphatic carbocycles. The molecular weight excluding hydrogens is 346 g/mol. The van der Waals surface area contributed by atoms with Gasteiger partial charge in [0.1, 0.15) is 0 Å². The molecule has 0 aromatic heterocycles. The zero-order valence-corrected chi connectivity index (χ0v) is 14.7. The average Bonchev–Trinajstić information content (AvgIpc) is 2.44. The highest BCUT2D eigenvalue weighted by Crippen LogP contribution is 2.25. The predicted molar refractivity (Wildman–Crippen MR) is 94.0 cm³/mol. The molecule has 0 bridgehead atoms. The molecule has 4 heteroatoms. The maximum absolute atomic E-state index is 12.3. The van der Waals surface area contributed by atoms with Crippen LogP contribution in [0.1, 0.15) is 18.1 Å². The molecule has 2 nitrogen and oxygen atoms in total. The molecule has 0 saturated heterocycles. The third kappa shape index (κ3) is 4.61. The zero-order chi connectivity index (χ0) is 15.4. The standard InChI is InChI=1S/C17H18BrNOS/c1-11-4-7-15(8-5-11)21-13(3)17(20)19-16-9-6-14(18)10-12(16)2/h4-10,13H,1-3H3,(H,19,20)/t13-/m1/s1. The second-order valence-electron chi connectivity index (χ2n) is 5.02. The molecule has 0 radical (unpaired) electrons. The number of thioether (sulfide) groups is 1. The van der Waals surface area contributed by atoms with E-state index in [4.69, 9.17) is 0 Å². The van der Waals surface area contributed by atoms with Crippen molar-refractivity contribution >= 4 is 39.3 Å². The summed E-state index contributed by atoms with van der Waals surface area (Å²) in [6, 6.07) is 14.1. The van der Waals surface area contributed by atoms with Gasteiger partial charge in [-0.1, -0.05) is 33.6 Å². The van der Waals surface area contributed by atoms with Gasteiger partial charge in [0.05, 0.1) is 5.25 Å². The summed E-state index contributed by atoms with van der Waals surface area (Å²) < 4.78 is 1.01. The molecule has 1 atom stereocenters. The molecule has 2 rings (SSSR count). The summed E-state index contributed by atoms with van der Waals surface area (Å²) in [4.78, 5) is 13.4. The van der Waals surface area contributed by atoms with E-state index in [2.05, 4.69) is 52.4 Å². The fourth-order valence-electron chi connectivity index (χ4n) is 1.88. The SMILES string of the molecule is Cc1ccc(S[C@H](C)C(=O)Nc2ccc(Br)cc2C)cc1. The van der Waals surface area contributed by atoms with Crippen molar-refractivity contribution in [2.75, 3.05) is 5.32 Å². The van der Waals surface area contributed by atoms with Crippen LogP contribution in [-0.4, -0.2) is 11.2 Å². The van der Waals surface area contributed by atoms with E-state index in [1.54, 1.807) is 11.8 Å². The number of hydrogen-bond donors (Lipinski definition) is 1. The van der Waals surface area contributed by atoms with Crippen molar-refractivity contribution in [1.82, 2.24) is 0 Å². The van der Waals surface area contributed by atoms with Crippen LogP contribution in [0.3, 0.4) is 0 Å². The lowest BCUT2D eigenvalue weighted by Crippen LogP contribution is -2.22. The normalized spacial score (nSPS) is 12.0. The van der Waals surface area contributed by atoms with E-state index in [0.29, 0.717) is 0 Å². The Morgan fingerprint density at radius 3 is 2.43 bits per heavy atom. The number of carbonyl (C=O) groups is 1. The number of anilines is 1. The Labute approximate surface area is 138 Å². The molecule has 1 amide bonds. The van der Waals surface area contributed by atoms with Crippen LogP contribution in [0, 0.1) is 13.8 Å². The zero-order valence-electron chi connectivity index (χ0n) is 12.3. The summed E-state index contributed by atoms with van der Waals surface area (Å²) in [6.45, 7) is 5.97. The van der Waals surface area contributed by atoms with Gasteiger partial charge in [-0.25, -0.2) is 0 Å². The van der Waals surface area contributed by atoms with Crippen molar-refractivity contribution < 1.29 is 4.79 Å². The molecule has 2 aromatic carbocycles. The van der Waals surface area contributed by atoms with Gasteiger partial charge in [-0.05, 0) is 56.7 Å². The lowest BCUT2D eigenvalue weighted by Gasteiger charge is -2.14. The number of nitrogens with one attached hydrogen (secondary N) is 1. The molecule has 2 aromatic rings. The van der Waals surface area contributed by atoms with E-state index in [-0.39, 0.29) is 11.2 Å². The van der Waals surface area contributed by atoms with Gasteiger partial charge in [-0.2, -0.15) is 0 Å². The Morgan fingerprint density at radius 2 is 1.81 bits per heavy atom. The summed E-state index contributed by atoms with van der Waals surface area (Å²) in [5.74, 6) is 0.0194. The van der Waals surface area contributed by atoms with E-state index in [1.165, 1.54) is 5.56 Å². The lowest BCUT2D eigenvalue weighted by molar-refractivity contribution is -0.115. The Hall–Kier alpha value is -1.26. The number of aryl methyl sites for hydroxylation is 2. The van der Waals surface area contributed by atoms with Crippen LogP contribution in [0.4, 0.5) is 5.69 Å². The van der Waals surface area contributed by atoms with Gasteiger partial charge < -0.3 is 5.32 Å². The van der Waals surface area contributed by atoms with Crippen LogP contribution in [0.15, 0.2) is 51.8 Å². The molecule has 0 spiro atoms. The minimum atomic E-state index is -0.143. The van der Waals surface area contributed by atoms with Crippen molar-refractivity contribution in [3.05, 3.63) is 58.1 Å². The molecule has 0 fully saturated rings. The summed E-state index contributed by atoms with van der Waals surface area (Å²) in [6.07, 6.45) is 0. The maximum Gasteiger partial charge on any atom is 0.237 e. The fourth-order valence-corrected chi connectivity index (χ4v) is 3.22. The van der Waals surface area contributed by atoms with Crippen LogP contribution in [0.2, 0.25) is 0 Å². The number of hydrogen-bond acceptors (Lipinski definition) is 2. The van der Waals surface area contributed by atoms with Crippen LogP contribution in [0.25, 0.3) is 0 Å². The van der Waals surface area contributed by atoms with Gasteiger partial charge in [0.15, 0.2) is 0 Å². The molecule has 1 N–H and O–H groups in total. The van der Waals surface area contributed by atoms with Gasteiger partial charge in [0.25, 0.3) is 0 Å². The highest BCUT2D eigenvalue weighted by Gasteiger charge is 2.15. The molecule has 0 saturated carbocycles. The van der Waals surface area contributed by atoms with Crippen LogP contribution in [-0.2, 0) is 4.79 Å². The molecule has 0 aliphatic rings. The predicted octanol–water partition coefficient (Wildman–Crippen LogP) is 5.19. The highest BCUT2D eigenvalue weighted by molar-refractivity contribution is 9.10. The van der Waals surface area contributed by atoms with Crippen LogP contribution in [0.5, 0.6) is 0 Å². The molecule has 0 unspecified atom stereocenters. The van der Waals surface area contributed by atoms with Gasteiger partial charge in [0.2, 0.25) is 5.91 Å². The monoisotopic (exact) mass is 363 g/mol. The molecule has 0 heterocycles. The molecule has 0 aliphatic heterocycles. The number of benzene rings is 2. The van der Waals surface area contributed by atoms with E-state index in [1.807, 2.05) is 32.0 Å². The maximum atomic E-state index is 12.3.